The summed E-state index contributed by atoms with van der Waals surface area (Å²) in [6.07, 6.45) is 0. The molecule has 132 valence electrons. The van der Waals surface area contributed by atoms with Crippen molar-refractivity contribution in [1.29, 1.82) is 0 Å². The minimum Gasteiger partial charge on any atom is -0.337 e. The molecule has 4 rings (SSSR count). The number of aromatic amines is 1. The molecule has 0 fully saturated rings. The molecular formula is C21H14ClN3O2. The van der Waals surface area contributed by atoms with E-state index >= 15 is 0 Å². The Labute approximate surface area is 160 Å². The number of nitrogens with zero attached hydrogens (tertiary/aromatic N) is 2. The molecule has 0 unspecified atom stereocenters. The van der Waals surface area contributed by atoms with Gasteiger partial charge in [-0.1, -0.05) is 66.2 Å². The Morgan fingerprint density at radius 1 is 0.852 bits per heavy atom. The smallest absolute Gasteiger partial charge is 0.280 e. The second-order valence-electron chi connectivity index (χ2n) is 5.96. The van der Waals surface area contributed by atoms with Crippen LogP contribution in [-0.2, 0) is 0 Å². The Morgan fingerprint density at radius 2 is 1.52 bits per heavy atom. The summed E-state index contributed by atoms with van der Waals surface area (Å²) >= 11 is 6.01. The Morgan fingerprint density at radius 3 is 2.22 bits per heavy atom. The first-order valence-electron chi connectivity index (χ1n) is 8.28. The normalized spacial score (nSPS) is 10.7. The van der Waals surface area contributed by atoms with Gasteiger partial charge in [-0.25, -0.2) is 4.98 Å². The van der Waals surface area contributed by atoms with E-state index in [2.05, 4.69) is 4.98 Å². The van der Waals surface area contributed by atoms with Crippen molar-refractivity contribution in [2.75, 3.05) is 0 Å². The molecule has 5 nitrogen and oxygen atoms in total. The first kappa shape index (κ1) is 17.0. The molecule has 3 aromatic carbocycles. The van der Waals surface area contributed by atoms with E-state index < -0.39 is 4.92 Å². The number of para-hydroxylation sites is 1. The molecule has 0 amide bonds. The molecule has 0 atom stereocenters. The monoisotopic (exact) mass is 375 g/mol. The van der Waals surface area contributed by atoms with Gasteiger partial charge in [0.15, 0.2) is 0 Å². The highest BCUT2D eigenvalue weighted by molar-refractivity contribution is 6.30. The van der Waals surface area contributed by atoms with Crippen LogP contribution in [0, 0.1) is 10.1 Å². The average molecular weight is 376 g/mol. The maximum Gasteiger partial charge on any atom is 0.280 e. The maximum atomic E-state index is 11.4. The Kier molecular flexibility index (Phi) is 4.44. The molecular weight excluding hydrogens is 362 g/mol. The summed E-state index contributed by atoms with van der Waals surface area (Å²) in [6.45, 7) is 0. The predicted octanol–water partition coefficient (Wildman–Crippen LogP) is 5.97. The molecule has 0 aliphatic rings. The van der Waals surface area contributed by atoms with Crippen LogP contribution in [0.5, 0.6) is 0 Å². The van der Waals surface area contributed by atoms with Gasteiger partial charge in [0, 0.05) is 22.2 Å². The van der Waals surface area contributed by atoms with Gasteiger partial charge >= 0.3 is 0 Å². The number of nitro groups is 1. The lowest BCUT2D eigenvalue weighted by molar-refractivity contribution is -0.384. The van der Waals surface area contributed by atoms with Crippen molar-refractivity contribution in [1.82, 2.24) is 9.97 Å². The van der Waals surface area contributed by atoms with Crippen LogP contribution < -0.4 is 0 Å². The Balaban J connectivity index is 1.94. The number of nitro benzene ring substituents is 1. The van der Waals surface area contributed by atoms with Crippen LogP contribution in [0.1, 0.15) is 0 Å². The zero-order chi connectivity index (χ0) is 18.8. The number of imidazole rings is 1. The van der Waals surface area contributed by atoms with E-state index in [9.17, 15) is 10.1 Å². The highest BCUT2D eigenvalue weighted by Gasteiger charge is 2.20. The number of halogens is 1. The number of hydrogen-bond donors (Lipinski definition) is 1. The number of H-pyrrole nitrogens is 1. The minimum absolute atomic E-state index is 0.00789. The second-order valence-corrected chi connectivity index (χ2v) is 6.39. The van der Waals surface area contributed by atoms with Crippen LogP contribution in [-0.4, -0.2) is 14.9 Å². The van der Waals surface area contributed by atoms with Gasteiger partial charge in [-0.15, -0.1) is 0 Å². The standard InChI is InChI=1S/C21H14ClN3O2/c22-16-12-10-15(11-13-16)20-19(14-6-2-1-3-7-14)23-21(24-20)17-8-4-5-9-18(17)25(26)27/h1-13H,(H,23,24). The Bertz CT molecular complexity index is 1110. The van der Waals surface area contributed by atoms with Crippen LogP contribution in [0.4, 0.5) is 5.69 Å². The maximum absolute atomic E-state index is 11.4. The van der Waals surface area contributed by atoms with E-state index in [1.54, 1.807) is 30.3 Å². The van der Waals surface area contributed by atoms with Crippen LogP contribution >= 0.6 is 11.6 Å². The van der Waals surface area contributed by atoms with Crippen LogP contribution in [0.2, 0.25) is 5.02 Å². The summed E-state index contributed by atoms with van der Waals surface area (Å²) in [5.41, 5.74) is 3.78. The fourth-order valence-electron chi connectivity index (χ4n) is 2.96. The third-order valence-corrected chi connectivity index (χ3v) is 4.49. The van der Waals surface area contributed by atoms with E-state index in [0.717, 1.165) is 22.5 Å². The molecule has 1 heterocycles. The van der Waals surface area contributed by atoms with Crippen molar-refractivity contribution in [2.24, 2.45) is 0 Å². The van der Waals surface area contributed by atoms with Gasteiger partial charge < -0.3 is 4.98 Å². The molecule has 27 heavy (non-hydrogen) atoms. The molecule has 0 aliphatic carbocycles. The van der Waals surface area contributed by atoms with Gasteiger partial charge in [-0.05, 0) is 18.2 Å². The van der Waals surface area contributed by atoms with E-state index in [1.165, 1.54) is 6.07 Å². The molecule has 0 bridgehead atoms. The SMILES string of the molecule is O=[N+]([O-])c1ccccc1-c1nc(-c2ccccc2)c(-c2ccc(Cl)cc2)[nH]1. The van der Waals surface area contributed by atoms with Crippen molar-refractivity contribution in [3.8, 4) is 33.9 Å². The lowest BCUT2D eigenvalue weighted by atomic mass is 10.1. The fraction of sp³-hybridized carbons (Fsp3) is 0. The van der Waals surface area contributed by atoms with Gasteiger partial charge in [-0.2, -0.15) is 0 Å². The van der Waals surface area contributed by atoms with Gasteiger partial charge in [0.2, 0.25) is 0 Å². The molecule has 0 saturated heterocycles. The molecule has 6 heteroatoms. The van der Waals surface area contributed by atoms with Gasteiger partial charge in [0.25, 0.3) is 5.69 Å². The quantitative estimate of drug-likeness (QED) is 0.352. The van der Waals surface area contributed by atoms with E-state index in [-0.39, 0.29) is 5.69 Å². The fourth-order valence-corrected chi connectivity index (χ4v) is 3.09. The largest absolute Gasteiger partial charge is 0.337 e. The van der Waals surface area contributed by atoms with E-state index in [1.807, 2.05) is 42.5 Å². The molecule has 1 N–H and O–H groups in total. The zero-order valence-electron chi connectivity index (χ0n) is 14.1. The van der Waals surface area contributed by atoms with Crippen LogP contribution in [0.15, 0.2) is 78.9 Å². The summed E-state index contributed by atoms with van der Waals surface area (Å²) < 4.78 is 0. The zero-order valence-corrected chi connectivity index (χ0v) is 14.9. The first-order valence-corrected chi connectivity index (χ1v) is 8.66. The summed E-state index contributed by atoms with van der Waals surface area (Å²) in [5.74, 6) is 0.450. The molecule has 0 radical (unpaired) electrons. The third kappa shape index (κ3) is 3.32. The van der Waals surface area contributed by atoms with Crippen molar-refractivity contribution >= 4 is 17.3 Å². The van der Waals surface area contributed by atoms with Gasteiger partial charge in [-0.3, -0.25) is 10.1 Å². The second kappa shape index (κ2) is 7.05. The lowest BCUT2D eigenvalue weighted by Gasteiger charge is -2.03. The molecule has 0 spiro atoms. The predicted molar refractivity (Wildman–Crippen MR) is 107 cm³/mol. The number of benzene rings is 3. The third-order valence-electron chi connectivity index (χ3n) is 4.24. The highest BCUT2D eigenvalue weighted by atomic mass is 35.5. The Hall–Kier alpha value is -3.44. The van der Waals surface area contributed by atoms with Crippen molar-refractivity contribution in [3.05, 3.63) is 94.0 Å². The van der Waals surface area contributed by atoms with Crippen LogP contribution in [0.25, 0.3) is 33.9 Å². The topological polar surface area (TPSA) is 71.8 Å². The van der Waals surface area contributed by atoms with Crippen molar-refractivity contribution < 1.29 is 4.92 Å². The summed E-state index contributed by atoms with van der Waals surface area (Å²) in [4.78, 5) is 19.0. The summed E-state index contributed by atoms with van der Waals surface area (Å²) in [7, 11) is 0. The number of hydrogen-bond acceptors (Lipinski definition) is 3. The van der Waals surface area contributed by atoms with Crippen molar-refractivity contribution in [3.63, 3.8) is 0 Å². The molecule has 0 saturated carbocycles. The lowest BCUT2D eigenvalue weighted by Crippen LogP contribution is -1.92. The molecule has 4 aromatic rings. The molecule has 0 aliphatic heterocycles. The summed E-state index contributed by atoms with van der Waals surface area (Å²) in [6, 6.07) is 23.7. The highest BCUT2D eigenvalue weighted by Crippen LogP contribution is 2.35. The van der Waals surface area contributed by atoms with E-state index in [4.69, 9.17) is 16.6 Å². The summed E-state index contributed by atoms with van der Waals surface area (Å²) in [5, 5.41) is 12.1. The molecule has 1 aromatic heterocycles. The van der Waals surface area contributed by atoms with Crippen LogP contribution in [0.3, 0.4) is 0 Å². The van der Waals surface area contributed by atoms with Gasteiger partial charge in [0.1, 0.15) is 5.82 Å². The van der Waals surface area contributed by atoms with Crippen molar-refractivity contribution in [2.45, 2.75) is 0 Å². The van der Waals surface area contributed by atoms with E-state index in [0.29, 0.717) is 16.4 Å². The van der Waals surface area contributed by atoms with Gasteiger partial charge in [0.05, 0.1) is 21.9 Å². The number of aromatic nitrogens is 2. The number of rotatable bonds is 4. The minimum atomic E-state index is -0.401. The average Bonchev–Trinajstić information content (AvgIpc) is 3.14. The number of nitrogens with one attached hydrogen (secondary N) is 1. The first-order chi connectivity index (χ1) is 13.1.